The van der Waals surface area contributed by atoms with E-state index < -0.39 is 0 Å². The van der Waals surface area contributed by atoms with Crippen molar-refractivity contribution in [1.29, 1.82) is 0 Å². The molecule has 0 N–H and O–H groups in total. The second-order valence-corrected chi connectivity index (χ2v) is 6.03. The maximum atomic E-state index is 12.4. The van der Waals surface area contributed by atoms with E-state index in [0.29, 0.717) is 17.1 Å². The molecule has 0 aliphatic carbocycles. The number of carbonyl (C=O) groups is 1. The van der Waals surface area contributed by atoms with Gasteiger partial charge in [0.2, 0.25) is 0 Å². The minimum Gasteiger partial charge on any atom is -0.337 e. The molecular formula is C16H15BrClNO. The van der Waals surface area contributed by atoms with E-state index in [0.717, 1.165) is 10.0 Å². The van der Waals surface area contributed by atoms with Gasteiger partial charge in [0.05, 0.1) is 10.6 Å². The average molecular weight is 353 g/mol. The van der Waals surface area contributed by atoms with Crippen molar-refractivity contribution < 1.29 is 4.79 Å². The third kappa shape index (κ3) is 3.41. The number of amides is 1. The zero-order chi connectivity index (χ0) is 14.7. The average Bonchev–Trinajstić information content (AvgIpc) is 2.40. The fraction of sp³-hybridized carbons (Fsp3) is 0.188. The van der Waals surface area contributed by atoms with Crippen LogP contribution in [0.15, 0.2) is 46.9 Å². The molecule has 0 aromatic heterocycles. The van der Waals surface area contributed by atoms with Gasteiger partial charge in [0, 0.05) is 18.1 Å². The molecule has 1 amide bonds. The second kappa shape index (κ2) is 6.42. The number of benzene rings is 2. The van der Waals surface area contributed by atoms with E-state index in [2.05, 4.69) is 15.9 Å². The second-order valence-electron chi connectivity index (χ2n) is 4.71. The van der Waals surface area contributed by atoms with Gasteiger partial charge in [0.25, 0.3) is 5.91 Å². The van der Waals surface area contributed by atoms with Crippen molar-refractivity contribution in [2.45, 2.75) is 13.5 Å². The van der Waals surface area contributed by atoms with Crippen LogP contribution in [0.25, 0.3) is 0 Å². The molecule has 0 unspecified atom stereocenters. The first kappa shape index (κ1) is 15.1. The largest absolute Gasteiger partial charge is 0.337 e. The lowest BCUT2D eigenvalue weighted by Crippen LogP contribution is -2.26. The van der Waals surface area contributed by atoms with Crippen LogP contribution in [0.2, 0.25) is 5.02 Å². The lowest BCUT2D eigenvalue weighted by atomic mass is 10.1. The number of carbonyl (C=O) groups excluding carboxylic acids is 1. The van der Waals surface area contributed by atoms with Gasteiger partial charge in [-0.3, -0.25) is 4.79 Å². The van der Waals surface area contributed by atoms with Gasteiger partial charge in [0.15, 0.2) is 0 Å². The highest BCUT2D eigenvalue weighted by Crippen LogP contribution is 2.23. The Labute approximate surface area is 132 Å². The van der Waals surface area contributed by atoms with Crippen LogP contribution in [0.3, 0.4) is 0 Å². The van der Waals surface area contributed by atoms with Gasteiger partial charge >= 0.3 is 0 Å². The summed E-state index contributed by atoms with van der Waals surface area (Å²) in [7, 11) is 1.78. The van der Waals surface area contributed by atoms with Gasteiger partial charge in [0.1, 0.15) is 0 Å². The van der Waals surface area contributed by atoms with Crippen LogP contribution in [0.5, 0.6) is 0 Å². The number of halogens is 2. The molecule has 2 aromatic rings. The third-order valence-corrected chi connectivity index (χ3v) is 3.98. The maximum Gasteiger partial charge on any atom is 0.255 e. The summed E-state index contributed by atoms with van der Waals surface area (Å²) in [5.41, 5.74) is 2.83. The van der Waals surface area contributed by atoms with E-state index in [9.17, 15) is 4.79 Å². The van der Waals surface area contributed by atoms with Gasteiger partial charge < -0.3 is 4.90 Å². The minimum atomic E-state index is -0.0780. The van der Waals surface area contributed by atoms with Crippen molar-refractivity contribution in [1.82, 2.24) is 4.90 Å². The van der Waals surface area contributed by atoms with Crippen LogP contribution >= 0.6 is 27.5 Å². The molecule has 20 heavy (non-hydrogen) atoms. The molecule has 0 atom stereocenters. The Morgan fingerprint density at radius 1 is 1.25 bits per heavy atom. The van der Waals surface area contributed by atoms with E-state index >= 15 is 0 Å². The molecule has 0 saturated carbocycles. The lowest BCUT2D eigenvalue weighted by Gasteiger charge is -2.19. The van der Waals surface area contributed by atoms with E-state index in [4.69, 9.17) is 11.6 Å². The number of rotatable bonds is 3. The first-order valence-corrected chi connectivity index (χ1v) is 7.41. The van der Waals surface area contributed by atoms with Crippen molar-refractivity contribution in [2.24, 2.45) is 0 Å². The number of hydrogen-bond donors (Lipinski definition) is 0. The van der Waals surface area contributed by atoms with Crippen LogP contribution in [0.4, 0.5) is 0 Å². The number of aryl methyl sites for hydroxylation is 1. The normalized spacial score (nSPS) is 10.4. The minimum absolute atomic E-state index is 0.0780. The van der Waals surface area contributed by atoms with E-state index in [1.807, 2.05) is 37.3 Å². The first-order valence-electron chi connectivity index (χ1n) is 6.24. The quantitative estimate of drug-likeness (QED) is 0.785. The standard InChI is InChI=1S/C16H15BrClNO/c1-11-5-3-4-6-12(11)10-19(2)16(20)14-8-7-13(17)9-15(14)18/h3-9H,10H2,1-2H3. The van der Waals surface area contributed by atoms with Crippen molar-refractivity contribution in [2.75, 3.05) is 7.05 Å². The van der Waals surface area contributed by atoms with Crippen molar-refractivity contribution in [3.8, 4) is 0 Å². The summed E-state index contributed by atoms with van der Waals surface area (Å²) < 4.78 is 0.862. The summed E-state index contributed by atoms with van der Waals surface area (Å²) in [5.74, 6) is -0.0780. The topological polar surface area (TPSA) is 20.3 Å². The summed E-state index contributed by atoms with van der Waals surface area (Å²) in [4.78, 5) is 14.1. The summed E-state index contributed by atoms with van der Waals surface area (Å²) in [5, 5.41) is 0.459. The Morgan fingerprint density at radius 2 is 1.95 bits per heavy atom. The molecule has 0 fully saturated rings. The Kier molecular flexibility index (Phi) is 4.84. The predicted octanol–water partition coefficient (Wildman–Crippen LogP) is 4.68. The maximum absolute atomic E-state index is 12.4. The first-order chi connectivity index (χ1) is 9.49. The Balaban J connectivity index is 2.19. The van der Waals surface area contributed by atoms with Gasteiger partial charge in [-0.15, -0.1) is 0 Å². The molecule has 2 nitrogen and oxygen atoms in total. The Morgan fingerprint density at radius 3 is 2.60 bits per heavy atom. The SMILES string of the molecule is Cc1ccccc1CN(C)C(=O)c1ccc(Br)cc1Cl. The van der Waals surface area contributed by atoms with E-state index in [1.54, 1.807) is 24.1 Å². The van der Waals surface area contributed by atoms with E-state index in [-0.39, 0.29) is 5.91 Å². The molecule has 4 heteroatoms. The number of hydrogen-bond acceptors (Lipinski definition) is 1. The summed E-state index contributed by atoms with van der Waals surface area (Å²) in [6, 6.07) is 13.3. The molecule has 0 radical (unpaired) electrons. The molecule has 0 aliphatic heterocycles. The smallest absolute Gasteiger partial charge is 0.255 e. The lowest BCUT2D eigenvalue weighted by molar-refractivity contribution is 0.0785. The summed E-state index contributed by atoms with van der Waals surface area (Å²) in [6.07, 6.45) is 0. The highest BCUT2D eigenvalue weighted by Gasteiger charge is 2.16. The zero-order valence-electron chi connectivity index (χ0n) is 11.4. The van der Waals surface area contributed by atoms with Crippen molar-refractivity contribution in [3.63, 3.8) is 0 Å². The molecule has 0 bridgehead atoms. The zero-order valence-corrected chi connectivity index (χ0v) is 13.7. The highest BCUT2D eigenvalue weighted by molar-refractivity contribution is 9.10. The van der Waals surface area contributed by atoms with Crippen molar-refractivity contribution in [3.05, 3.63) is 68.7 Å². The summed E-state index contributed by atoms with van der Waals surface area (Å²) >= 11 is 9.46. The highest BCUT2D eigenvalue weighted by atomic mass is 79.9. The fourth-order valence-corrected chi connectivity index (χ4v) is 2.74. The fourth-order valence-electron chi connectivity index (χ4n) is 1.98. The van der Waals surface area contributed by atoms with Crippen LogP contribution in [-0.4, -0.2) is 17.9 Å². The molecule has 104 valence electrons. The molecule has 0 saturated heterocycles. The Bertz CT molecular complexity index is 642. The molecule has 0 spiro atoms. The molecule has 0 aliphatic rings. The van der Waals surface area contributed by atoms with Crippen molar-refractivity contribution >= 4 is 33.4 Å². The number of nitrogens with zero attached hydrogens (tertiary/aromatic N) is 1. The van der Waals surface area contributed by atoms with Gasteiger partial charge in [-0.05, 0) is 36.2 Å². The monoisotopic (exact) mass is 351 g/mol. The van der Waals surface area contributed by atoms with E-state index in [1.165, 1.54) is 5.56 Å². The Hall–Kier alpha value is -1.32. The van der Waals surface area contributed by atoms with Crippen LogP contribution in [-0.2, 0) is 6.54 Å². The molecule has 2 rings (SSSR count). The predicted molar refractivity (Wildman–Crippen MR) is 86.1 cm³/mol. The van der Waals surface area contributed by atoms with Crippen LogP contribution in [0, 0.1) is 6.92 Å². The van der Waals surface area contributed by atoms with Gasteiger partial charge in [-0.25, -0.2) is 0 Å². The summed E-state index contributed by atoms with van der Waals surface area (Å²) in [6.45, 7) is 2.61. The van der Waals surface area contributed by atoms with Gasteiger partial charge in [-0.2, -0.15) is 0 Å². The molecule has 2 aromatic carbocycles. The van der Waals surface area contributed by atoms with Crippen LogP contribution < -0.4 is 0 Å². The van der Waals surface area contributed by atoms with Gasteiger partial charge in [-0.1, -0.05) is 51.8 Å². The third-order valence-electron chi connectivity index (χ3n) is 3.18. The molecule has 0 heterocycles. The van der Waals surface area contributed by atoms with Crippen LogP contribution in [0.1, 0.15) is 21.5 Å². The molecular weight excluding hydrogens is 338 g/mol.